The molecule has 15 heavy (non-hydrogen) atoms. The minimum absolute atomic E-state index is 0. The van der Waals surface area contributed by atoms with E-state index >= 15 is 0 Å². The summed E-state index contributed by atoms with van der Waals surface area (Å²) in [5.41, 5.74) is 0. The first-order valence-corrected chi connectivity index (χ1v) is 6.25. The Morgan fingerprint density at radius 1 is 1.27 bits per heavy atom. The summed E-state index contributed by atoms with van der Waals surface area (Å²) in [7, 11) is 0. The van der Waals surface area contributed by atoms with E-state index in [1.54, 1.807) is 0 Å². The van der Waals surface area contributed by atoms with E-state index < -0.39 is 0 Å². The molecular weight excluding hydrogens is 206 g/mol. The van der Waals surface area contributed by atoms with Gasteiger partial charge in [0, 0.05) is 12.1 Å². The Morgan fingerprint density at radius 3 is 2.73 bits per heavy atom. The van der Waals surface area contributed by atoms with Crippen LogP contribution in [0, 0.1) is 0 Å². The lowest BCUT2D eigenvalue weighted by atomic mass is 9.99. The molecule has 1 rings (SSSR count). The SMILES string of the molecule is CCCCC/C=C/[C@@H]1CCC[C@@H](C)N1.Cl. The number of halogens is 1. The van der Waals surface area contributed by atoms with E-state index in [9.17, 15) is 0 Å². The molecule has 0 aromatic heterocycles. The molecule has 0 aliphatic carbocycles. The van der Waals surface area contributed by atoms with E-state index in [-0.39, 0.29) is 12.4 Å². The summed E-state index contributed by atoms with van der Waals surface area (Å²) in [5.74, 6) is 0. The first-order chi connectivity index (χ1) is 6.83. The van der Waals surface area contributed by atoms with Gasteiger partial charge < -0.3 is 5.32 Å². The Hall–Kier alpha value is -0.0100. The van der Waals surface area contributed by atoms with Crippen molar-refractivity contribution in [2.45, 2.75) is 70.9 Å². The Kier molecular flexibility index (Phi) is 9.23. The first kappa shape index (κ1) is 15.0. The number of allylic oxidation sites excluding steroid dienone is 1. The molecule has 0 aromatic rings. The summed E-state index contributed by atoms with van der Waals surface area (Å²) in [4.78, 5) is 0. The highest BCUT2D eigenvalue weighted by Crippen LogP contribution is 2.13. The molecule has 1 N–H and O–H groups in total. The van der Waals surface area contributed by atoms with Crippen LogP contribution in [0.25, 0.3) is 0 Å². The van der Waals surface area contributed by atoms with Crippen molar-refractivity contribution in [3.05, 3.63) is 12.2 Å². The largest absolute Gasteiger partial charge is 0.308 e. The molecule has 0 bridgehead atoms. The maximum atomic E-state index is 3.62. The fourth-order valence-corrected chi connectivity index (χ4v) is 2.10. The average Bonchev–Trinajstić information content (AvgIpc) is 2.18. The molecule has 1 aliphatic rings. The average molecular weight is 232 g/mol. The minimum atomic E-state index is 0. The van der Waals surface area contributed by atoms with Gasteiger partial charge in [-0.25, -0.2) is 0 Å². The highest BCUT2D eigenvalue weighted by atomic mass is 35.5. The van der Waals surface area contributed by atoms with Gasteiger partial charge >= 0.3 is 0 Å². The Bertz CT molecular complexity index is 168. The standard InChI is InChI=1S/C13H25N.ClH/c1-3-4-5-6-7-10-13-11-8-9-12(2)14-13;/h7,10,12-14H,3-6,8-9,11H2,1-2H3;1H/b10-7+;/t12-,13-;/m1./s1. The summed E-state index contributed by atoms with van der Waals surface area (Å²) in [6.07, 6.45) is 14.1. The number of rotatable bonds is 5. The molecule has 1 heterocycles. The molecule has 2 atom stereocenters. The van der Waals surface area contributed by atoms with Gasteiger partial charge in [-0.1, -0.05) is 38.3 Å². The summed E-state index contributed by atoms with van der Waals surface area (Å²) >= 11 is 0. The Labute approximate surface area is 101 Å². The number of hydrogen-bond donors (Lipinski definition) is 1. The highest BCUT2D eigenvalue weighted by Gasteiger charge is 2.14. The van der Waals surface area contributed by atoms with Crippen molar-refractivity contribution in [3.8, 4) is 0 Å². The van der Waals surface area contributed by atoms with Gasteiger partial charge in [0.1, 0.15) is 0 Å². The number of nitrogens with one attached hydrogen (secondary N) is 1. The maximum Gasteiger partial charge on any atom is 0.0252 e. The van der Waals surface area contributed by atoms with Crippen molar-refractivity contribution in [2.75, 3.05) is 0 Å². The summed E-state index contributed by atoms with van der Waals surface area (Å²) < 4.78 is 0. The van der Waals surface area contributed by atoms with Crippen LogP contribution < -0.4 is 5.32 Å². The van der Waals surface area contributed by atoms with Gasteiger partial charge in [0.25, 0.3) is 0 Å². The van der Waals surface area contributed by atoms with Crippen molar-refractivity contribution in [2.24, 2.45) is 0 Å². The lowest BCUT2D eigenvalue weighted by Gasteiger charge is -2.26. The van der Waals surface area contributed by atoms with Crippen molar-refractivity contribution in [1.82, 2.24) is 5.32 Å². The van der Waals surface area contributed by atoms with Gasteiger partial charge in [-0.3, -0.25) is 0 Å². The zero-order valence-electron chi connectivity index (χ0n) is 10.2. The Morgan fingerprint density at radius 2 is 2.07 bits per heavy atom. The van der Waals surface area contributed by atoms with E-state index in [0.29, 0.717) is 12.1 Å². The van der Waals surface area contributed by atoms with Crippen LogP contribution in [0.5, 0.6) is 0 Å². The summed E-state index contributed by atoms with van der Waals surface area (Å²) in [6, 6.07) is 1.37. The second kappa shape index (κ2) is 9.23. The smallest absolute Gasteiger partial charge is 0.0252 e. The fourth-order valence-electron chi connectivity index (χ4n) is 2.10. The zero-order valence-corrected chi connectivity index (χ0v) is 11.0. The number of unbranched alkanes of at least 4 members (excludes halogenated alkanes) is 3. The minimum Gasteiger partial charge on any atom is -0.308 e. The van der Waals surface area contributed by atoms with E-state index in [1.807, 2.05) is 0 Å². The van der Waals surface area contributed by atoms with Gasteiger partial charge in [-0.15, -0.1) is 12.4 Å². The fraction of sp³-hybridized carbons (Fsp3) is 0.846. The maximum absolute atomic E-state index is 3.62. The van der Waals surface area contributed by atoms with Crippen LogP contribution in [0.1, 0.15) is 58.8 Å². The number of hydrogen-bond acceptors (Lipinski definition) is 1. The van der Waals surface area contributed by atoms with Crippen LogP contribution in [0.4, 0.5) is 0 Å². The third-order valence-corrected chi connectivity index (χ3v) is 2.99. The van der Waals surface area contributed by atoms with E-state index in [1.165, 1.54) is 44.9 Å². The van der Waals surface area contributed by atoms with E-state index in [0.717, 1.165) is 0 Å². The molecule has 0 amide bonds. The molecule has 0 unspecified atom stereocenters. The highest BCUT2D eigenvalue weighted by molar-refractivity contribution is 5.85. The molecule has 1 aliphatic heterocycles. The van der Waals surface area contributed by atoms with Crippen molar-refractivity contribution in [3.63, 3.8) is 0 Å². The Balaban J connectivity index is 0.00000196. The monoisotopic (exact) mass is 231 g/mol. The first-order valence-electron chi connectivity index (χ1n) is 6.25. The van der Waals surface area contributed by atoms with Crippen LogP contribution in [0.15, 0.2) is 12.2 Å². The van der Waals surface area contributed by atoms with Crippen molar-refractivity contribution < 1.29 is 0 Å². The summed E-state index contributed by atoms with van der Waals surface area (Å²) in [6.45, 7) is 4.55. The normalized spacial score (nSPS) is 26.5. The zero-order chi connectivity index (χ0) is 10.2. The molecule has 0 radical (unpaired) electrons. The van der Waals surface area contributed by atoms with Crippen LogP contribution in [-0.4, -0.2) is 12.1 Å². The third-order valence-electron chi connectivity index (χ3n) is 2.99. The molecule has 0 aromatic carbocycles. The van der Waals surface area contributed by atoms with Crippen molar-refractivity contribution >= 4 is 12.4 Å². The predicted molar refractivity (Wildman–Crippen MR) is 70.8 cm³/mol. The van der Waals surface area contributed by atoms with Crippen LogP contribution in [-0.2, 0) is 0 Å². The molecular formula is C13H26ClN. The van der Waals surface area contributed by atoms with Gasteiger partial charge in [0.05, 0.1) is 0 Å². The van der Waals surface area contributed by atoms with Gasteiger partial charge in [-0.05, 0) is 32.6 Å². The molecule has 90 valence electrons. The summed E-state index contributed by atoms with van der Waals surface area (Å²) in [5, 5.41) is 3.62. The lowest BCUT2D eigenvalue weighted by molar-refractivity contribution is 0.374. The van der Waals surface area contributed by atoms with Crippen molar-refractivity contribution in [1.29, 1.82) is 0 Å². The quantitative estimate of drug-likeness (QED) is 0.556. The van der Waals surface area contributed by atoms with Crippen LogP contribution >= 0.6 is 12.4 Å². The van der Waals surface area contributed by atoms with Gasteiger partial charge in [0.15, 0.2) is 0 Å². The van der Waals surface area contributed by atoms with E-state index in [4.69, 9.17) is 0 Å². The van der Waals surface area contributed by atoms with E-state index in [2.05, 4.69) is 31.3 Å². The van der Waals surface area contributed by atoms with Crippen LogP contribution in [0.3, 0.4) is 0 Å². The number of piperidine rings is 1. The molecule has 0 spiro atoms. The predicted octanol–water partition coefficient (Wildman–Crippen LogP) is 4.08. The molecule has 1 nitrogen and oxygen atoms in total. The third kappa shape index (κ3) is 6.97. The second-order valence-corrected chi connectivity index (χ2v) is 4.53. The second-order valence-electron chi connectivity index (χ2n) is 4.53. The lowest BCUT2D eigenvalue weighted by Crippen LogP contribution is -2.39. The molecule has 0 saturated carbocycles. The molecule has 1 fully saturated rings. The van der Waals surface area contributed by atoms with Gasteiger partial charge in [0.2, 0.25) is 0 Å². The molecule has 2 heteroatoms. The van der Waals surface area contributed by atoms with Gasteiger partial charge in [-0.2, -0.15) is 0 Å². The van der Waals surface area contributed by atoms with Crippen LogP contribution in [0.2, 0.25) is 0 Å². The molecule has 1 saturated heterocycles. The topological polar surface area (TPSA) is 12.0 Å².